The smallest absolute Gasteiger partial charge is 0.204 e. The van der Waals surface area contributed by atoms with E-state index in [1.807, 2.05) is 19.1 Å². The molecule has 8 heteroatoms. The van der Waals surface area contributed by atoms with Crippen molar-refractivity contribution in [1.82, 2.24) is 9.97 Å². The van der Waals surface area contributed by atoms with E-state index in [-0.39, 0.29) is 28.6 Å². The van der Waals surface area contributed by atoms with Crippen molar-refractivity contribution in [3.05, 3.63) is 82.8 Å². The molecule has 3 aromatic rings. The monoisotopic (exact) mass is 429 g/mol. The van der Waals surface area contributed by atoms with Crippen LogP contribution in [0.15, 0.2) is 49.3 Å². The maximum Gasteiger partial charge on any atom is 0.204 e. The Balaban J connectivity index is 0.000000806. The lowest BCUT2D eigenvalue weighted by Crippen LogP contribution is -1.99. The molecule has 0 aliphatic carbocycles. The predicted octanol–water partition coefficient (Wildman–Crippen LogP) is 4.73. The van der Waals surface area contributed by atoms with Crippen molar-refractivity contribution in [2.24, 2.45) is 5.73 Å². The van der Waals surface area contributed by atoms with Crippen LogP contribution in [0.1, 0.15) is 29.7 Å². The predicted molar refractivity (Wildman–Crippen MR) is 111 cm³/mol. The third-order valence-electron chi connectivity index (χ3n) is 4.59. The number of hydrogen-bond donors (Lipinski definition) is 1. The number of halogens is 3. The number of benzene rings is 1. The SMILES string of the molecule is C=C(c1cccnc1)c1cc2c(c(-c3cc(Cl)c(F)cc3F)n1)OCC2C.NC=O. The summed E-state index contributed by atoms with van der Waals surface area (Å²) in [6.07, 6.45) is 3.61. The first-order chi connectivity index (χ1) is 14.4. The summed E-state index contributed by atoms with van der Waals surface area (Å²) in [5, 5.41) is -0.176. The van der Waals surface area contributed by atoms with Gasteiger partial charge in [-0.3, -0.25) is 9.78 Å². The van der Waals surface area contributed by atoms with Gasteiger partial charge < -0.3 is 10.5 Å². The number of fused-ring (bicyclic) bond motifs is 1. The molecule has 1 unspecified atom stereocenters. The number of nitrogens with zero attached hydrogens (tertiary/aromatic N) is 2. The number of aromatic nitrogens is 2. The molecule has 1 aliphatic rings. The summed E-state index contributed by atoms with van der Waals surface area (Å²) in [5.74, 6) is -0.966. The Kier molecular flexibility index (Phi) is 6.42. The number of primary amides is 1. The summed E-state index contributed by atoms with van der Waals surface area (Å²) in [4.78, 5) is 17.3. The molecule has 0 fully saturated rings. The van der Waals surface area contributed by atoms with Crippen LogP contribution in [-0.2, 0) is 4.79 Å². The highest BCUT2D eigenvalue weighted by Crippen LogP contribution is 2.43. The lowest BCUT2D eigenvalue weighted by molar-refractivity contribution is -0.106. The lowest BCUT2D eigenvalue weighted by Gasteiger charge is -2.14. The highest BCUT2D eigenvalue weighted by molar-refractivity contribution is 6.31. The average molecular weight is 430 g/mol. The molecule has 2 N–H and O–H groups in total. The van der Waals surface area contributed by atoms with Crippen molar-refractivity contribution in [2.45, 2.75) is 12.8 Å². The maximum absolute atomic E-state index is 14.5. The van der Waals surface area contributed by atoms with Gasteiger partial charge in [-0.1, -0.05) is 31.2 Å². The zero-order valence-electron chi connectivity index (χ0n) is 16.0. The van der Waals surface area contributed by atoms with Crippen LogP contribution in [0.2, 0.25) is 5.02 Å². The van der Waals surface area contributed by atoms with Crippen LogP contribution < -0.4 is 10.5 Å². The number of hydrogen-bond acceptors (Lipinski definition) is 4. The molecule has 0 spiro atoms. The molecule has 154 valence electrons. The van der Waals surface area contributed by atoms with Gasteiger partial charge in [-0.25, -0.2) is 13.8 Å². The Morgan fingerprint density at radius 2 is 2.07 bits per heavy atom. The molecule has 4 rings (SSSR count). The quantitative estimate of drug-likeness (QED) is 0.482. The Bertz CT molecular complexity index is 1110. The van der Waals surface area contributed by atoms with Crippen LogP contribution in [-0.4, -0.2) is 23.0 Å². The summed E-state index contributed by atoms with van der Waals surface area (Å²) < 4.78 is 33.9. The van der Waals surface area contributed by atoms with Gasteiger partial charge in [0.25, 0.3) is 0 Å². The average Bonchev–Trinajstić information content (AvgIpc) is 3.12. The summed E-state index contributed by atoms with van der Waals surface area (Å²) >= 11 is 5.88. The number of pyridine rings is 2. The van der Waals surface area contributed by atoms with Gasteiger partial charge in [-0.05, 0) is 18.2 Å². The van der Waals surface area contributed by atoms with E-state index in [4.69, 9.17) is 21.1 Å². The van der Waals surface area contributed by atoms with E-state index in [0.717, 1.165) is 17.2 Å². The van der Waals surface area contributed by atoms with E-state index < -0.39 is 11.6 Å². The van der Waals surface area contributed by atoms with Crippen molar-refractivity contribution in [1.29, 1.82) is 0 Å². The maximum atomic E-state index is 14.5. The van der Waals surface area contributed by atoms with Crippen molar-refractivity contribution < 1.29 is 18.3 Å². The topological polar surface area (TPSA) is 78.1 Å². The minimum atomic E-state index is -0.820. The van der Waals surface area contributed by atoms with Gasteiger partial charge in [0, 0.05) is 46.6 Å². The van der Waals surface area contributed by atoms with E-state index in [1.165, 1.54) is 6.07 Å². The van der Waals surface area contributed by atoms with Gasteiger partial charge in [0.2, 0.25) is 6.41 Å². The van der Waals surface area contributed by atoms with Gasteiger partial charge in [-0.2, -0.15) is 0 Å². The van der Waals surface area contributed by atoms with E-state index in [9.17, 15) is 8.78 Å². The third kappa shape index (κ3) is 4.16. The van der Waals surface area contributed by atoms with E-state index in [1.54, 1.807) is 18.5 Å². The second-order valence-electron chi connectivity index (χ2n) is 6.59. The lowest BCUT2D eigenvalue weighted by atomic mass is 9.96. The molecule has 0 radical (unpaired) electrons. The Morgan fingerprint density at radius 1 is 1.33 bits per heavy atom. The standard InChI is InChI=1S/C21H15ClF2N2O.CH3NO/c1-11-10-27-21-14(11)7-19(12(2)13-4-3-5-25-9-13)26-20(21)15-6-16(22)18(24)8-17(15)23;2-1-3/h3-9,11H,2,10H2,1H3;1H,(H2,2,3). The molecule has 5 nitrogen and oxygen atoms in total. The number of rotatable bonds is 3. The van der Waals surface area contributed by atoms with Gasteiger partial charge in [-0.15, -0.1) is 0 Å². The number of ether oxygens (including phenoxy) is 1. The number of carbonyl (C=O) groups excluding carboxylic acids is 1. The molecular weight excluding hydrogens is 412 g/mol. The molecule has 0 saturated heterocycles. The zero-order valence-corrected chi connectivity index (χ0v) is 16.8. The summed E-state index contributed by atoms with van der Waals surface area (Å²) in [6.45, 7) is 6.59. The minimum Gasteiger partial charge on any atom is -0.490 e. The molecular formula is C22H18ClF2N3O2. The van der Waals surface area contributed by atoms with Crippen LogP contribution in [0.25, 0.3) is 16.8 Å². The van der Waals surface area contributed by atoms with Crippen molar-refractivity contribution in [3.63, 3.8) is 0 Å². The minimum absolute atomic E-state index is 0.0904. The van der Waals surface area contributed by atoms with E-state index in [2.05, 4.69) is 22.3 Å². The molecule has 0 bridgehead atoms. The van der Waals surface area contributed by atoms with Gasteiger partial charge >= 0.3 is 0 Å². The van der Waals surface area contributed by atoms with Crippen LogP contribution in [0.3, 0.4) is 0 Å². The summed E-state index contributed by atoms with van der Waals surface area (Å²) in [6, 6.07) is 7.57. The molecule has 1 aliphatic heterocycles. The van der Waals surface area contributed by atoms with Gasteiger partial charge in [0.15, 0.2) is 0 Å². The van der Waals surface area contributed by atoms with Crippen molar-refractivity contribution in [2.75, 3.05) is 6.61 Å². The number of carbonyl (C=O) groups is 1. The number of nitrogens with two attached hydrogens (primary N) is 1. The molecule has 1 aromatic carbocycles. The molecule has 2 aromatic heterocycles. The highest BCUT2D eigenvalue weighted by Gasteiger charge is 2.28. The highest BCUT2D eigenvalue weighted by atomic mass is 35.5. The fourth-order valence-corrected chi connectivity index (χ4v) is 3.26. The van der Waals surface area contributed by atoms with Crippen molar-refractivity contribution in [3.8, 4) is 17.0 Å². The van der Waals surface area contributed by atoms with Gasteiger partial charge in [0.05, 0.1) is 17.3 Å². The fraction of sp³-hybridized carbons (Fsp3) is 0.136. The first-order valence-electron chi connectivity index (χ1n) is 8.95. The van der Waals surface area contributed by atoms with Crippen LogP contribution in [0.4, 0.5) is 8.78 Å². The number of amides is 1. The fourth-order valence-electron chi connectivity index (χ4n) is 3.10. The first-order valence-corrected chi connectivity index (χ1v) is 9.32. The molecule has 1 amide bonds. The van der Waals surface area contributed by atoms with E-state index in [0.29, 0.717) is 23.6 Å². The Hall–Kier alpha value is -3.32. The van der Waals surface area contributed by atoms with Gasteiger partial charge in [0.1, 0.15) is 23.1 Å². The van der Waals surface area contributed by atoms with Crippen LogP contribution >= 0.6 is 11.6 Å². The second-order valence-corrected chi connectivity index (χ2v) is 7.00. The molecule has 30 heavy (non-hydrogen) atoms. The first kappa shape index (κ1) is 21.4. The third-order valence-corrected chi connectivity index (χ3v) is 4.88. The van der Waals surface area contributed by atoms with Crippen molar-refractivity contribution >= 4 is 23.6 Å². The summed E-state index contributed by atoms with van der Waals surface area (Å²) in [7, 11) is 0. The molecule has 1 atom stereocenters. The largest absolute Gasteiger partial charge is 0.490 e. The second kappa shape index (κ2) is 9.00. The Labute approximate surface area is 177 Å². The van der Waals surface area contributed by atoms with Crippen LogP contribution in [0.5, 0.6) is 5.75 Å². The molecule has 3 heterocycles. The van der Waals surface area contributed by atoms with Crippen LogP contribution in [0, 0.1) is 11.6 Å². The normalized spacial score (nSPS) is 14.2. The zero-order chi connectivity index (χ0) is 21.8. The molecule has 0 saturated carbocycles. The Morgan fingerprint density at radius 3 is 2.73 bits per heavy atom. The van der Waals surface area contributed by atoms with E-state index >= 15 is 0 Å². The summed E-state index contributed by atoms with van der Waals surface area (Å²) in [5.41, 5.74) is 7.48.